The highest BCUT2D eigenvalue weighted by Gasteiger charge is 2.23. The Morgan fingerprint density at radius 3 is 2.46 bits per heavy atom. The molecule has 28 heavy (non-hydrogen) atoms. The lowest BCUT2D eigenvalue weighted by Crippen LogP contribution is -2.29. The van der Waals surface area contributed by atoms with Crippen molar-refractivity contribution in [1.82, 2.24) is 5.01 Å². The van der Waals surface area contributed by atoms with Gasteiger partial charge in [-0.25, -0.2) is 9.80 Å². The fourth-order valence-corrected chi connectivity index (χ4v) is 3.31. The number of hydrogen-bond donors (Lipinski definition) is 0. The first kappa shape index (κ1) is 20.2. The first-order chi connectivity index (χ1) is 13.5. The molecule has 6 nitrogen and oxygen atoms in total. The zero-order valence-corrected chi connectivity index (χ0v) is 16.7. The van der Waals surface area contributed by atoms with E-state index in [9.17, 15) is 9.59 Å². The van der Waals surface area contributed by atoms with Gasteiger partial charge < -0.3 is 9.47 Å². The van der Waals surface area contributed by atoms with Crippen LogP contribution in [0, 0.1) is 0 Å². The third-order valence-electron chi connectivity index (χ3n) is 4.05. The van der Waals surface area contributed by atoms with Crippen molar-refractivity contribution in [2.45, 2.75) is 13.3 Å². The average Bonchev–Trinajstić information content (AvgIpc) is 3.18. The Bertz CT molecular complexity index is 893. The van der Waals surface area contributed by atoms with Gasteiger partial charge in [0.2, 0.25) is 0 Å². The maximum Gasteiger partial charge on any atom is 0.338 e. The van der Waals surface area contributed by atoms with Crippen molar-refractivity contribution in [2.24, 2.45) is 5.10 Å². The van der Waals surface area contributed by atoms with Gasteiger partial charge in [0.05, 0.1) is 34.5 Å². The van der Waals surface area contributed by atoms with Crippen LogP contribution in [0.3, 0.4) is 0 Å². The zero-order chi connectivity index (χ0) is 20.1. The number of halogens is 2. The van der Waals surface area contributed by atoms with Crippen LogP contribution in [-0.2, 0) is 9.53 Å². The molecule has 0 atom stereocenters. The summed E-state index contributed by atoms with van der Waals surface area (Å²) in [5, 5.41) is 5.99. The summed E-state index contributed by atoms with van der Waals surface area (Å²) in [5.74, 6) is -0.711. The summed E-state index contributed by atoms with van der Waals surface area (Å²) in [5.41, 5.74) is 2.05. The van der Waals surface area contributed by atoms with E-state index in [1.807, 2.05) is 30.3 Å². The summed E-state index contributed by atoms with van der Waals surface area (Å²) in [6.07, 6.45) is 0.672. The van der Waals surface area contributed by atoms with Crippen LogP contribution in [-0.4, -0.2) is 42.4 Å². The van der Waals surface area contributed by atoms with Gasteiger partial charge in [-0.1, -0.05) is 53.5 Å². The predicted molar refractivity (Wildman–Crippen MR) is 107 cm³/mol. The van der Waals surface area contributed by atoms with E-state index in [1.54, 1.807) is 6.92 Å². The Labute approximate surface area is 172 Å². The van der Waals surface area contributed by atoms with Crippen LogP contribution < -0.4 is 4.74 Å². The molecule has 0 aromatic heterocycles. The highest BCUT2D eigenvalue weighted by Crippen LogP contribution is 2.34. The summed E-state index contributed by atoms with van der Waals surface area (Å²) < 4.78 is 10.4. The van der Waals surface area contributed by atoms with Crippen molar-refractivity contribution in [3.05, 3.63) is 63.6 Å². The normalized spacial score (nSPS) is 13.2. The lowest BCUT2D eigenvalue weighted by molar-refractivity contribution is -0.132. The molecule has 1 heterocycles. The molecule has 0 bridgehead atoms. The van der Waals surface area contributed by atoms with Crippen molar-refractivity contribution in [3.8, 4) is 5.75 Å². The molecule has 0 N–H and O–H groups in total. The maximum atomic E-state index is 12.4. The molecule has 0 radical (unpaired) electrons. The van der Waals surface area contributed by atoms with Gasteiger partial charge in [0.25, 0.3) is 5.91 Å². The van der Waals surface area contributed by atoms with E-state index >= 15 is 0 Å². The standard InChI is InChI=1S/C20H18Cl2N2O4/c1-2-27-20(26)14-10-15(21)19(16(22)11-14)28-12-18(25)24-9-8-17(23-24)13-6-4-3-5-7-13/h3-7,10-11H,2,8-9,12H2,1H3. The fraction of sp³-hybridized carbons (Fsp3) is 0.250. The molecule has 146 valence electrons. The van der Waals surface area contributed by atoms with Gasteiger partial charge in [-0.2, -0.15) is 5.10 Å². The van der Waals surface area contributed by atoms with Gasteiger partial charge in [-0.3, -0.25) is 4.79 Å². The molecular weight excluding hydrogens is 403 g/mol. The van der Waals surface area contributed by atoms with Crippen LogP contribution in [0.15, 0.2) is 47.6 Å². The molecule has 1 aliphatic rings. The zero-order valence-electron chi connectivity index (χ0n) is 15.2. The highest BCUT2D eigenvalue weighted by atomic mass is 35.5. The lowest BCUT2D eigenvalue weighted by Gasteiger charge is -2.14. The number of carbonyl (C=O) groups is 2. The number of benzene rings is 2. The second-order valence-electron chi connectivity index (χ2n) is 5.96. The molecule has 8 heteroatoms. The van der Waals surface area contributed by atoms with Crippen LogP contribution in [0.5, 0.6) is 5.75 Å². The summed E-state index contributed by atoms with van der Waals surface area (Å²) in [6, 6.07) is 12.5. The van der Waals surface area contributed by atoms with Crippen LogP contribution >= 0.6 is 23.2 Å². The number of esters is 1. The Balaban J connectivity index is 1.65. The van der Waals surface area contributed by atoms with Crippen molar-refractivity contribution in [2.75, 3.05) is 19.8 Å². The molecule has 2 aromatic carbocycles. The topological polar surface area (TPSA) is 68.2 Å². The number of hydrazone groups is 1. The van der Waals surface area contributed by atoms with Crippen LogP contribution in [0.4, 0.5) is 0 Å². The number of carbonyl (C=O) groups excluding carboxylic acids is 2. The molecule has 1 aliphatic heterocycles. The largest absolute Gasteiger partial charge is 0.481 e. The Kier molecular flexibility index (Phi) is 6.54. The van der Waals surface area contributed by atoms with Gasteiger partial charge in [0.15, 0.2) is 12.4 Å². The fourth-order valence-electron chi connectivity index (χ4n) is 2.71. The molecule has 3 rings (SSSR count). The van der Waals surface area contributed by atoms with E-state index in [1.165, 1.54) is 17.1 Å². The van der Waals surface area contributed by atoms with Crippen molar-refractivity contribution in [1.29, 1.82) is 0 Å². The molecular formula is C20H18Cl2N2O4. The smallest absolute Gasteiger partial charge is 0.338 e. The number of ether oxygens (including phenoxy) is 2. The van der Waals surface area contributed by atoms with E-state index in [2.05, 4.69) is 5.10 Å². The number of rotatable bonds is 6. The van der Waals surface area contributed by atoms with E-state index < -0.39 is 5.97 Å². The van der Waals surface area contributed by atoms with Gasteiger partial charge >= 0.3 is 5.97 Å². The third kappa shape index (κ3) is 4.64. The van der Waals surface area contributed by atoms with E-state index in [0.29, 0.717) is 13.0 Å². The summed E-state index contributed by atoms with van der Waals surface area (Å²) in [6.45, 7) is 2.15. The van der Waals surface area contributed by atoms with Crippen LogP contribution in [0.25, 0.3) is 0 Å². The molecule has 2 aromatic rings. The van der Waals surface area contributed by atoms with Gasteiger partial charge in [-0.05, 0) is 24.6 Å². The minimum atomic E-state index is -0.534. The molecule has 0 unspecified atom stereocenters. The molecule has 0 saturated carbocycles. The van der Waals surface area contributed by atoms with Gasteiger partial charge in [-0.15, -0.1) is 0 Å². The quantitative estimate of drug-likeness (QED) is 0.657. The second-order valence-corrected chi connectivity index (χ2v) is 6.77. The van der Waals surface area contributed by atoms with Crippen molar-refractivity contribution in [3.63, 3.8) is 0 Å². The van der Waals surface area contributed by atoms with Gasteiger partial charge in [0, 0.05) is 6.42 Å². The van der Waals surface area contributed by atoms with E-state index in [4.69, 9.17) is 32.7 Å². The average molecular weight is 421 g/mol. The Morgan fingerprint density at radius 1 is 1.14 bits per heavy atom. The SMILES string of the molecule is CCOC(=O)c1cc(Cl)c(OCC(=O)N2CCC(c3ccccc3)=N2)c(Cl)c1. The van der Waals surface area contributed by atoms with Crippen LogP contribution in [0.2, 0.25) is 10.0 Å². The maximum absolute atomic E-state index is 12.4. The molecule has 0 fully saturated rings. The summed E-state index contributed by atoms with van der Waals surface area (Å²) in [4.78, 5) is 24.2. The van der Waals surface area contributed by atoms with E-state index in [-0.39, 0.29) is 40.5 Å². The predicted octanol–water partition coefficient (Wildman–Crippen LogP) is 4.19. The lowest BCUT2D eigenvalue weighted by atomic mass is 10.1. The van der Waals surface area contributed by atoms with Gasteiger partial charge in [0.1, 0.15) is 0 Å². The first-order valence-corrected chi connectivity index (χ1v) is 9.47. The third-order valence-corrected chi connectivity index (χ3v) is 4.61. The Morgan fingerprint density at radius 2 is 1.82 bits per heavy atom. The summed E-state index contributed by atoms with van der Waals surface area (Å²) in [7, 11) is 0. The van der Waals surface area contributed by atoms with Crippen molar-refractivity contribution < 1.29 is 19.1 Å². The molecule has 0 spiro atoms. The number of amides is 1. The first-order valence-electron chi connectivity index (χ1n) is 8.71. The molecule has 1 amide bonds. The summed E-state index contributed by atoms with van der Waals surface area (Å²) >= 11 is 12.3. The van der Waals surface area contributed by atoms with Crippen molar-refractivity contribution >= 4 is 40.8 Å². The monoisotopic (exact) mass is 420 g/mol. The Hall–Kier alpha value is -2.57. The molecule has 0 aliphatic carbocycles. The minimum Gasteiger partial charge on any atom is -0.481 e. The second kappa shape index (κ2) is 9.08. The van der Waals surface area contributed by atoms with E-state index in [0.717, 1.165) is 11.3 Å². The highest BCUT2D eigenvalue weighted by molar-refractivity contribution is 6.37. The number of nitrogens with zero attached hydrogens (tertiary/aromatic N) is 2. The molecule has 0 saturated heterocycles. The number of hydrogen-bond acceptors (Lipinski definition) is 5. The van der Waals surface area contributed by atoms with Crippen LogP contribution in [0.1, 0.15) is 29.3 Å². The minimum absolute atomic E-state index is 0.123.